The van der Waals surface area contributed by atoms with E-state index in [1.807, 2.05) is 0 Å². The molecule has 1 aromatic heterocycles. The number of halogens is 3. The summed E-state index contributed by atoms with van der Waals surface area (Å²) >= 11 is 12.0. The Morgan fingerprint density at radius 1 is 0.950 bits per heavy atom. The molecule has 20 heavy (non-hydrogen) atoms. The first-order valence-corrected chi connectivity index (χ1v) is 6.70. The summed E-state index contributed by atoms with van der Waals surface area (Å²) in [5, 5.41) is 1.58. The van der Waals surface area contributed by atoms with E-state index in [2.05, 4.69) is 9.97 Å². The number of hydrogen-bond acceptors (Lipinski definition) is 2. The average molecular weight is 307 g/mol. The van der Waals surface area contributed by atoms with Crippen LogP contribution in [0.15, 0.2) is 36.4 Å². The Bertz CT molecular complexity index is 801. The van der Waals surface area contributed by atoms with E-state index in [1.54, 1.807) is 37.3 Å². The first-order valence-electron chi connectivity index (χ1n) is 5.94. The summed E-state index contributed by atoms with van der Waals surface area (Å²) < 4.78 is 13.6. The molecule has 0 spiro atoms. The van der Waals surface area contributed by atoms with Gasteiger partial charge in [0.25, 0.3) is 0 Å². The number of nitrogens with zero attached hydrogens (tertiary/aromatic N) is 2. The van der Waals surface area contributed by atoms with Crippen LogP contribution in [0.2, 0.25) is 10.2 Å². The highest BCUT2D eigenvalue weighted by atomic mass is 35.5. The van der Waals surface area contributed by atoms with Gasteiger partial charge in [0.05, 0.1) is 5.52 Å². The summed E-state index contributed by atoms with van der Waals surface area (Å²) in [6.45, 7) is 1.67. The summed E-state index contributed by atoms with van der Waals surface area (Å²) in [5.41, 5.74) is 1.76. The van der Waals surface area contributed by atoms with Gasteiger partial charge in [-0.1, -0.05) is 23.2 Å². The number of rotatable bonds is 1. The summed E-state index contributed by atoms with van der Waals surface area (Å²) in [5.74, 6) is 0.141. The van der Waals surface area contributed by atoms with Crippen LogP contribution in [0, 0.1) is 12.7 Å². The van der Waals surface area contributed by atoms with E-state index in [9.17, 15) is 4.39 Å². The first-order chi connectivity index (χ1) is 9.56. The van der Waals surface area contributed by atoms with Crippen LogP contribution in [-0.2, 0) is 0 Å². The van der Waals surface area contributed by atoms with Crippen molar-refractivity contribution in [2.24, 2.45) is 0 Å². The zero-order chi connectivity index (χ0) is 14.3. The van der Waals surface area contributed by atoms with Crippen molar-refractivity contribution in [3.8, 4) is 11.4 Å². The van der Waals surface area contributed by atoms with Gasteiger partial charge in [-0.05, 0) is 43.3 Å². The van der Waals surface area contributed by atoms with Gasteiger partial charge in [0.15, 0.2) is 5.82 Å². The minimum Gasteiger partial charge on any atom is -0.228 e. The van der Waals surface area contributed by atoms with Crippen LogP contribution in [0.5, 0.6) is 0 Å². The Morgan fingerprint density at radius 2 is 1.65 bits per heavy atom. The van der Waals surface area contributed by atoms with Crippen molar-refractivity contribution in [1.82, 2.24) is 9.97 Å². The first kappa shape index (κ1) is 13.3. The third kappa shape index (κ3) is 2.23. The molecule has 0 N–H and O–H groups in total. The molecule has 0 unspecified atom stereocenters. The van der Waals surface area contributed by atoms with Crippen LogP contribution in [0.1, 0.15) is 5.56 Å². The Balaban J connectivity index is 2.28. The standard InChI is InChI=1S/C15H9Cl2FN2/c1-8-12(18)7-6-11-13(8)19-15(20-14(11)17)9-2-4-10(16)5-3-9/h2-7H,1H3. The molecule has 2 aromatic carbocycles. The number of hydrogen-bond donors (Lipinski definition) is 0. The maximum Gasteiger partial charge on any atom is 0.161 e. The van der Waals surface area contributed by atoms with E-state index in [1.165, 1.54) is 6.07 Å². The highest BCUT2D eigenvalue weighted by molar-refractivity contribution is 6.34. The van der Waals surface area contributed by atoms with Crippen LogP contribution in [-0.4, -0.2) is 9.97 Å². The summed E-state index contributed by atoms with van der Waals surface area (Å²) in [6.07, 6.45) is 0. The largest absolute Gasteiger partial charge is 0.228 e. The quantitative estimate of drug-likeness (QED) is 0.588. The molecule has 0 aliphatic carbocycles. The van der Waals surface area contributed by atoms with Crippen molar-refractivity contribution < 1.29 is 4.39 Å². The van der Waals surface area contributed by atoms with E-state index in [4.69, 9.17) is 23.2 Å². The zero-order valence-electron chi connectivity index (χ0n) is 10.5. The van der Waals surface area contributed by atoms with E-state index in [-0.39, 0.29) is 5.82 Å². The molecular formula is C15H9Cl2FN2. The van der Waals surface area contributed by atoms with E-state index in [0.29, 0.717) is 32.5 Å². The number of aryl methyl sites for hydroxylation is 1. The van der Waals surface area contributed by atoms with Gasteiger partial charge >= 0.3 is 0 Å². The lowest BCUT2D eigenvalue weighted by Crippen LogP contribution is -1.95. The molecule has 0 fully saturated rings. The minimum absolute atomic E-state index is 0.308. The SMILES string of the molecule is Cc1c(F)ccc2c(Cl)nc(-c3ccc(Cl)cc3)nc12. The normalized spacial score (nSPS) is 11.0. The predicted octanol–water partition coefficient (Wildman–Crippen LogP) is 5.05. The highest BCUT2D eigenvalue weighted by Gasteiger charge is 2.12. The van der Waals surface area contributed by atoms with Gasteiger partial charge in [-0.2, -0.15) is 0 Å². The van der Waals surface area contributed by atoms with Crippen molar-refractivity contribution in [2.45, 2.75) is 6.92 Å². The van der Waals surface area contributed by atoms with Crippen LogP contribution < -0.4 is 0 Å². The number of fused-ring (bicyclic) bond motifs is 1. The highest BCUT2D eigenvalue weighted by Crippen LogP contribution is 2.28. The van der Waals surface area contributed by atoms with Gasteiger partial charge in [-0.15, -0.1) is 0 Å². The smallest absolute Gasteiger partial charge is 0.161 e. The Kier molecular flexibility index (Phi) is 3.32. The second kappa shape index (κ2) is 5.00. The Morgan fingerprint density at radius 3 is 2.35 bits per heavy atom. The molecule has 1 heterocycles. The number of benzene rings is 2. The van der Waals surface area contributed by atoms with Crippen LogP contribution >= 0.6 is 23.2 Å². The monoisotopic (exact) mass is 306 g/mol. The van der Waals surface area contributed by atoms with Crippen LogP contribution in [0.3, 0.4) is 0 Å². The lowest BCUT2D eigenvalue weighted by atomic mass is 10.1. The molecule has 0 aliphatic heterocycles. The molecule has 0 amide bonds. The molecule has 0 bridgehead atoms. The molecule has 0 saturated heterocycles. The second-order valence-corrected chi connectivity index (χ2v) is 5.21. The fourth-order valence-corrected chi connectivity index (χ4v) is 2.36. The van der Waals surface area contributed by atoms with Crippen molar-refractivity contribution in [1.29, 1.82) is 0 Å². The molecule has 0 radical (unpaired) electrons. The molecule has 5 heteroatoms. The molecule has 0 saturated carbocycles. The van der Waals surface area contributed by atoms with Crippen molar-refractivity contribution >= 4 is 34.1 Å². The second-order valence-electron chi connectivity index (χ2n) is 4.41. The molecule has 0 aliphatic rings. The maximum absolute atomic E-state index is 13.6. The molecule has 0 atom stereocenters. The average Bonchev–Trinajstić information content (AvgIpc) is 2.44. The van der Waals surface area contributed by atoms with E-state index < -0.39 is 0 Å². The molecule has 3 aromatic rings. The Labute approximate surface area is 125 Å². The Hall–Kier alpha value is -1.71. The molecule has 2 nitrogen and oxygen atoms in total. The van der Waals surface area contributed by atoms with Crippen molar-refractivity contribution in [3.05, 3.63) is 58.0 Å². The van der Waals surface area contributed by atoms with Crippen molar-refractivity contribution in [2.75, 3.05) is 0 Å². The molecule has 3 rings (SSSR count). The van der Waals surface area contributed by atoms with Crippen LogP contribution in [0.25, 0.3) is 22.3 Å². The molecular weight excluding hydrogens is 298 g/mol. The molecule has 100 valence electrons. The topological polar surface area (TPSA) is 25.8 Å². The summed E-state index contributed by atoms with van der Waals surface area (Å²) in [4.78, 5) is 8.68. The van der Waals surface area contributed by atoms with Gasteiger partial charge in [-0.3, -0.25) is 0 Å². The van der Waals surface area contributed by atoms with Gasteiger partial charge in [0.2, 0.25) is 0 Å². The fraction of sp³-hybridized carbons (Fsp3) is 0.0667. The van der Waals surface area contributed by atoms with Crippen LogP contribution in [0.4, 0.5) is 4.39 Å². The minimum atomic E-state index is -0.311. The van der Waals surface area contributed by atoms with E-state index in [0.717, 1.165) is 5.56 Å². The third-order valence-electron chi connectivity index (χ3n) is 3.11. The zero-order valence-corrected chi connectivity index (χ0v) is 12.0. The lowest BCUT2D eigenvalue weighted by molar-refractivity contribution is 0.620. The van der Waals surface area contributed by atoms with Gasteiger partial charge in [0.1, 0.15) is 11.0 Å². The van der Waals surface area contributed by atoms with Gasteiger partial charge in [-0.25, -0.2) is 14.4 Å². The number of aromatic nitrogens is 2. The van der Waals surface area contributed by atoms with E-state index >= 15 is 0 Å². The maximum atomic E-state index is 13.6. The predicted molar refractivity (Wildman–Crippen MR) is 79.7 cm³/mol. The van der Waals surface area contributed by atoms with Gasteiger partial charge in [0, 0.05) is 21.5 Å². The third-order valence-corrected chi connectivity index (χ3v) is 3.65. The lowest BCUT2D eigenvalue weighted by Gasteiger charge is -2.07. The van der Waals surface area contributed by atoms with Gasteiger partial charge < -0.3 is 0 Å². The summed E-state index contributed by atoms with van der Waals surface area (Å²) in [7, 11) is 0. The fourth-order valence-electron chi connectivity index (χ4n) is 2.00. The van der Waals surface area contributed by atoms with Crippen molar-refractivity contribution in [3.63, 3.8) is 0 Å². The summed E-state index contributed by atoms with van der Waals surface area (Å²) in [6, 6.07) is 10.1.